The summed E-state index contributed by atoms with van der Waals surface area (Å²) in [4.78, 5) is 0. The van der Waals surface area contributed by atoms with Crippen molar-refractivity contribution in [3.8, 4) is 0 Å². The summed E-state index contributed by atoms with van der Waals surface area (Å²) in [5, 5.41) is 3.85. The molecule has 1 aromatic carbocycles. The first-order chi connectivity index (χ1) is 9.09. The molecule has 1 N–H and O–H groups in total. The van der Waals surface area contributed by atoms with Crippen LogP contribution in [0, 0.1) is 11.3 Å². The maximum absolute atomic E-state index is 3.85. The van der Waals surface area contributed by atoms with Crippen LogP contribution in [0.5, 0.6) is 0 Å². The van der Waals surface area contributed by atoms with Crippen molar-refractivity contribution in [2.24, 2.45) is 11.3 Å². The Labute approximate surface area is 118 Å². The van der Waals surface area contributed by atoms with Crippen molar-refractivity contribution < 1.29 is 0 Å². The summed E-state index contributed by atoms with van der Waals surface area (Å²) in [7, 11) is 0. The number of benzene rings is 1. The quantitative estimate of drug-likeness (QED) is 0.762. The van der Waals surface area contributed by atoms with Crippen molar-refractivity contribution in [2.45, 2.75) is 58.9 Å². The van der Waals surface area contributed by atoms with Crippen LogP contribution in [-0.2, 0) is 0 Å². The van der Waals surface area contributed by atoms with Crippen molar-refractivity contribution in [2.75, 3.05) is 6.54 Å². The predicted octanol–water partition coefficient (Wildman–Crippen LogP) is 4.94. The van der Waals surface area contributed by atoms with E-state index >= 15 is 0 Å². The Balaban J connectivity index is 1.98. The molecule has 1 saturated carbocycles. The van der Waals surface area contributed by atoms with Crippen LogP contribution in [0.3, 0.4) is 0 Å². The summed E-state index contributed by atoms with van der Waals surface area (Å²) in [6.07, 6.45) is 6.84. The fourth-order valence-corrected chi connectivity index (χ4v) is 3.27. The molecule has 1 heteroatoms. The van der Waals surface area contributed by atoms with E-state index in [1.165, 1.54) is 44.2 Å². The van der Waals surface area contributed by atoms with E-state index in [0.717, 1.165) is 5.92 Å². The lowest BCUT2D eigenvalue weighted by atomic mass is 9.87. The number of hydrogen-bond acceptors (Lipinski definition) is 1. The van der Waals surface area contributed by atoms with Gasteiger partial charge in [0.25, 0.3) is 0 Å². The van der Waals surface area contributed by atoms with E-state index in [0.29, 0.717) is 11.5 Å². The highest BCUT2D eigenvalue weighted by Crippen LogP contribution is 2.37. The van der Waals surface area contributed by atoms with Crippen molar-refractivity contribution in [3.05, 3.63) is 35.9 Å². The van der Waals surface area contributed by atoms with Gasteiger partial charge in [-0.25, -0.2) is 0 Å². The molecule has 0 bridgehead atoms. The van der Waals surface area contributed by atoms with E-state index < -0.39 is 0 Å². The smallest absolute Gasteiger partial charge is 0.0322 e. The molecule has 1 unspecified atom stereocenters. The fraction of sp³-hybridized carbons (Fsp3) is 0.667. The topological polar surface area (TPSA) is 12.0 Å². The molecule has 1 atom stereocenters. The molecule has 0 amide bonds. The minimum absolute atomic E-state index is 0.513. The van der Waals surface area contributed by atoms with Crippen molar-refractivity contribution in [1.29, 1.82) is 0 Å². The Kier molecular flexibility index (Phi) is 5.04. The Hall–Kier alpha value is -0.820. The van der Waals surface area contributed by atoms with Crippen LogP contribution in [0.15, 0.2) is 30.3 Å². The molecule has 0 aromatic heterocycles. The molecule has 0 spiro atoms. The van der Waals surface area contributed by atoms with Crippen LogP contribution >= 0.6 is 0 Å². The molecular formula is C18H29N. The maximum atomic E-state index is 3.85. The lowest BCUT2D eigenvalue weighted by Crippen LogP contribution is -2.33. The first-order valence-electron chi connectivity index (χ1n) is 7.87. The highest BCUT2D eigenvalue weighted by molar-refractivity contribution is 5.19. The average molecular weight is 259 g/mol. The lowest BCUT2D eigenvalue weighted by Gasteiger charge is -2.29. The van der Waals surface area contributed by atoms with Gasteiger partial charge in [0, 0.05) is 12.6 Å². The van der Waals surface area contributed by atoms with Gasteiger partial charge in [0.15, 0.2) is 0 Å². The summed E-state index contributed by atoms with van der Waals surface area (Å²) in [6.45, 7) is 8.24. The van der Waals surface area contributed by atoms with E-state index in [4.69, 9.17) is 0 Å². The third-order valence-electron chi connectivity index (χ3n) is 4.49. The zero-order valence-corrected chi connectivity index (χ0v) is 12.8. The molecular weight excluding hydrogens is 230 g/mol. The van der Waals surface area contributed by atoms with Gasteiger partial charge >= 0.3 is 0 Å². The van der Waals surface area contributed by atoms with Crippen molar-refractivity contribution in [1.82, 2.24) is 5.32 Å². The number of hydrogen-bond donors (Lipinski definition) is 1. The van der Waals surface area contributed by atoms with Crippen LogP contribution in [0.1, 0.15) is 64.5 Å². The van der Waals surface area contributed by atoms with E-state index in [1.54, 1.807) is 0 Å². The summed E-state index contributed by atoms with van der Waals surface area (Å²) in [5.74, 6) is 0.731. The van der Waals surface area contributed by atoms with Gasteiger partial charge in [-0.15, -0.1) is 0 Å². The van der Waals surface area contributed by atoms with E-state index in [2.05, 4.69) is 56.4 Å². The molecule has 1 nitrogen and oxygen atoms in total. The molecule has 106 valence electrons. The van der Waals surface area contributed by atoms with Crippen LogP contribution in [0.4, 0.5) is 0 Å². The van der Waals surface area contributed by atoms with Gasteiger partial charge in [-0.3, -0.25) is 0 Å². The van der Waals surface area contributed by atoms with Gasteiger partial charge in [0.05, 0.1) is 0 Å². The van der Waals surface area contributed by atoms with Crippen LogP contribution in [0.2, 0.25) is 0 Å². The van der Waals surface area contributed by atoms with Gasteiger partial charge in [-0.2, -0.15) is 0 Å². The Bertz CT molecular complexity index is 363. The van der Waals surface area contributed by atoms with Gasteiger partial charge in [-0.05, 0) is 36.2 Å². The summed E-state index contributed by atoms with van der Waals surface area (Å²) < 4.78 is 0. The largest absolute Gasteiger partial charge is 0.309 e. The monoisotopic (exact) mass is 259 g/mol. The molecule has 0 heterocycles. The third kappa shape index (κ3) is 4.35. The number of nitrogens with one attached hydrogen (secondary N) is 1. The van der Waals surface area contributed by atoms with Gasteiger partial charge in [0.2, 0.25) is 0 Å². The van der Waals surface area contributed by atoms with Gasteiger partial charge in [0.1, 0.15) is 0 Å². The summed E-state index contributed by atoms with van der Waals surface area (Å²) in [6, 6.07) is 11.4. The first kappa shape index (κ1) is 14.6. The summed E-state index contributed by atoms with van der Waals surface area (Å²) in [5.41, 5.74) is 1.97. The Morgan fingerprint density at radius 3 is 2.32 bits per heavy atom. The maximum Gasteiger partial charge on any atom is 0.0322 e. The van der Waals surface area contributed by atoms with Crippen LogP contribution in [-0.4, -0.2) is 6.54 Å². The third-order valence-corrected chi connectivity index (χ3v) is 4.49. The second kappa shape index (κ2) is 6.56. The zero-order chi connectivity index (χ0) is 13.7. The highest BCUT2D eigenvalue weighted by Gasteiger charge is 2.29. The molecule has 1 fully saturated rings. The van der Waals surface area contributed by atoms with Crippen molar-refractivity contribution in [3.63, 3.8) is 0 Å². The van der Waals surface area contributed by atoms with Crippen LogP contribution in [0.25, 0.3) is 0 Å². The molecule has 19 heavy (non-hydrogen) atoms. The zero-order valence-electron chi connectivity index (χ0n) is 12.8. The normalized spacial score (nSPS) is 19.8. The van der Waals surface area contributed by atoms with Gasteiger partial charge in [-0.1, -0.05) is 63.9 Å². The molecule has 2 rings (SSSR count). The van der Waals surface area contributed by atoms with E-state index in [-0.39, 0.29) is 0 Å². The van der Waals surface area contributed by atoms with Crippen molar-refractivity contribution >= 4 is 0 Å². The number of rotatable bonds is 6. The van der Waals surface area contributed by atoms with Crippen LogP contribution < -0.4 is 5.32 Å². The Morgan fingerprint density at radius 1 is 1.11 bits per heavy atom. The second-order valence-corrected chi connectivity index (χ2v) is 6.99. The molecule has 1 aromatic rings. The minimum Gasteiger partial charge on any atom is -0.309 e. The average Bonchev–Trinajstić information content (AvgIpc) is 2.83. The second-order valence-electron chi connectivity index (χ2n) is 6.99. The first-order valence-corrected chi connectivity index (χ1v) is 7.87. The molecule has 0 saturated heterocycles. The highest BCUT2D eigenvalue weighted by atomic mass is 14.9. The van der Waals surface area contributed by atoms with E-state index in [1.807, 2.05) is 0 Å². The van der Waals surface area contributed by atoms with Gasteiger partial charge < -0.3 is 5.32 Å². The predicted molar refractivity (Wildman–Crippen MR) is 83.2 cm³/mol. The summed E-state index contributed by atoms with van der Waals surface area (Å²) >= 11 is 0. The molecule has 1 aliphatic rings. The molecule has 0 aliphatic heterocycles. The molecule has 0 radical (unpaired) electrons. The Morgan fingerprint density at radius 2 is 1.74 bits per heavy atom. The van der Waals surface area contributed by atoms with E-state index in [9.17, 15) is 0 Å². The fourth-order valence-electron chi connectivity index (χ4n) is 3.27. The molecule has 1 aliphatic carbocycles. The SMILES string of the molecule is CC(C)CC(NCC1(C)CCCC1)c1ccccc1. The lowest BCUT2D eigenvalue weighted by molar-refractivity contribution is 0.285. The standard InChI is InChI=1S/C18H29N/c1-15(2)13-17(16-9-5-4-6-10-16)19-14-18(3)11-7-8-12-18/h4-6,9-10,15,17,19H,7-8,11-14H2,1-3H3. The minimum atomic E-state index is 0.513.